The molecule has 3 aromatic rings. The molecule has 0 aliphatic rings. The van der Waals surface area contributed by atoms with E-state index < -0.39 is 0 Å². The highest BCUT2D eigenvalue weighted by Gasteiger charge is 2.19. The van der Waals surface area contributed by atoms with Gasteiger partial charge in [-0.25, -0.2) is 4.98 Å². The first-order valence-electron chi connectivity index (χ1n) is 11.7. The number of fused-ring (bicyclic) bond motifs is 1. The standard InChI is InChI=1S/C26H36N4O3/c1-7-21-26(29(8-2)16-19-9-11-22(32-5)23(15-19)33-6)30-17-20(10-12-24(30)28-21)25(31)27-14-13-18(3)4/h9-12,15,17-18H,7-8,13-14,16H2,1-6H3,(H,27,31). The van der Waals surface area contributed by atoms with Gasteiger partial charge in [0, 0.05) is 25.8 Å². The Hall–Kier alpha value is -3.22. The van der Waals surface area contributed by atoms with Crippen molar-refractivity contribution in [2.75, 3.05) is 32.2 Å². The second-order valence-electron chi connectivity index (χ2n) is 8.52. The highest BCUT2D eigenvalue weighted by molar-refractivity contribution is 5.94. The second-order valence-corrected chi connectivity index (χ2v) is 8.52. The number of hydrogen-bond acceptors (Lipinski definition) is 5. The Bertz CT molecular complexity index is 1090. The number of benzene rings is 1. The van der Waals surface area contributed by atoms with Crippen LogP contribution in [0.25, 0.3) is 5.65 Å². The van der Waals surface area contributed by atoms with E-state index in [1.807, 2.05) is 40.9 Å². The van der Waals surface area contributed by atoms with Crippen molar-refractivity contribution in [3.05, 3.63) is 53.3 Å². The van der Waals surface area contributed by atoms with E-state index in [1.165, 1.54) is 0 Å². The van der Waals surface area contributed by atoms with Gasteiger partial charge in [0.05, 0.1) is 25.5 Å². The highest BCUT2D eigenvalue weighted by Crippen LogP contribution is 2.30. The van der Waals surface area contributed by atoms with Crippen molar-refractivity contribution < 1.29 is 14.3 Å². The van der Waals surface area contributed by atoms with Crippen LogP contribution in [0.5, 0.6) is 11.5 Å². The number of anilines is 1. The summed E-state index contributed by atoms with van der Waals surface area (Å²) in [5.74, 6) is 2.93. The number of ether oxygens (including phenoxy) is 2. The topological polar surface area (TPSA) is 68.1 Å². The van der Waals surface area contributed by atoms with Crippen LogP contribution < -0.4 is 19.7 Å². The smallest absolute Gasteiger partial charge is 0.252 e. The van der Waals surface area contributed by atoms with Crippen LogP contribution in [0, 0.1) is 5.92 Å². The van der Waals surface area contributed by atoms with E-state index in [0.29, 0.717) is 36.1 Å². The predicted octanol–water partition coefficient (Wildman–Crippen LogP) is 4.72. The van der Waals surface area contributed by atoms with Crippen LogP contribution in [0.15, 0.2) is 36.5 Å². The zero-order valence-electron chi connectivity index (χ0n) is 20.6. The van der Waals surface area contributed by atoms with Crippen molar-refractivity contribution in [3.63, 3.8) is 0 Å². The average Bonchev–Trinajstić information content (AvgIpc) is 3.19. The number of aryl methyl sites for hydroxylation is 1. The van der Waals surface area contributed by atoms with E-state index in [9.17, 15) is 4.79 Å². The number of nitrogens with one attached hydrogen (secondary N) is 1. The summed E-state index contributed by atoms with van der Waals surface area (Å²) in [6, 6.07) is 9.75. The molecule has 1 N–H and O–H groups in total. The van der Waals surface area contributed by atoms with Crippen LogP contribution in [0.3, 0.4) is 0 Å². The average molecular weight is 453 g/mol. The molecule has 7 nitrogen and oxygen atoms in total. The largest absolute Gasteiger partial charge is 0.493 e. The van der Waals surface area contributed by atoms with Crippen molar-refractivity contribution in [2.45, 2.75) is 47.1 Å². The van der Waals surface area contributed by atoms with E-state index in [2.05, 4.69) is 37.9 Å². The van der Waals surface area contributed by atoms with Crippen LogP contribution in [0.1, 0.15) is 55.7 Å². The van der Waals surface area contributed by atoms with Gasteiger partial charge in [0.2, 0.25) is 0 Å². The Labute approximate surface area is 196 Å². The lowest BCUT2D eigenvalue weighted by Crippen LogP contribution is -2.26. The van der Waals surface area contributed by atoms with Crippen LogP contribution in [0.4, 0.5) is 5.82 Å². The van der Waals surface area contributed by atoms with Gasteiger partial charge in [-0.15, -0.1) is 0 Å². The SMILES string of the molecule is CCc1nc2ccc(C(=O)NCCC(C)C)cn2c1N(CC)Cc1ccc(OC)c(OC)c1. The molecule has 33 heavy (non-hydrogen) atoms. The molecule has 3 rings (SSSR count). The minimum absolute atomic E-state index is 0.0572. The van der Waals surface area contributed by atoms with E-state index >= 15 is 0 Å². The first-order chi connectivity index (χ1) is 15.9. The minimum Gasteiger partial charge on any atom is -0.493 e. The molecule has 0 aliphatic carbocycles. The van der Waals surface area contributed by atoms with Gasteiger partial charge in [0.25, 0.3) is 5.91 Å². The number of carbonyl (C=O) groups is 1. The molecule has 0 fully saturated rings. The summed E-state index contributed by atoms with van der Waals surface area (Å²) in [6.07, 6.45) is 3.66. The van der Waals surface area contributed by atoms with Gasteiger partial charge < -0.3 is 19.7 Å². The molecule has 0 aliphatic heterocycles. The fourth-order valence-electron chi connectivity index (χ4n) is 3.90. The van der Waals surface area contributed by atoms with Gasteiger partial charge in [-0.3, -0.25) is 9.20 Å². The maximum atomic E-state index is 12.7. The molecule has 2 aromatic heterocycles. The van der Waals surface area contributed by atoms with Gasteiger partial charge in [-0.05, 0) is 55.5 Å². The Morgan fingerprint density at radius 1 is 1.12 bits per heavy atom. The Balaban J connectivity index is 1.94. The van der Waals surface area contributed by atoms with Crippen molar-refractivity contribution in [3.8, 4) is 11.5 Å². The first-order valence-corrected chi connectivity index (χ1v) is 11.7. The number of aromatic nitrogens is 2. The molecule has 7 heteroatoms. The summed E-state index contributed by atoms with van der Waals surface area (Å²) < 4.78 is 12.9. The summed E-state index contributed by atoms with van der Waals surface area (Å²) in [6.45, 7) is 10.7. The van der Waals surface area contributed by atoms with Gasteiger partial charge in [-0.1, -0.05) is 26.8 Å². The van der Waals surface area contributed by atoms with Crippen LogP contribution in [-0.4, -0.2) is 42.6 Å². The number of imidazole rings is 1. The van der Waals surface area contributed by atoms with Crippen LogP contribution >= 0.6 is 0 Å². The van der Waals surface area contributed by atoms with Crippen molar-refractivity contribution >= 4 is 17.4 Å². The van der Waals surface area contributed by atoms with Crippen LogP contribution in [0.2, 0.25) is 0 Å². The normalized spacial score (nSPS) is 11.1. The molecule has 0 unspecified atom stereocenters. The summed E-state index contributed by atoms with van der Waals surface area (Å²) in [4.78, 5) is 19.8. The molecule has 1 amide bonds. The van der Waals surface area contributed by atoms with E-state index in [-0.39, 0.29) is 5.91 Å². The van der Waals surface area contributed by atoms with Crippen molar-refractivity contribution in [1.82, 2.24) is 14.7 Å². The lowest BCUT2D eigenvalue weighted by molar-refractivity contribution is 0.0951. The van der Waals surface area contributed by atoms with Gasteiger partial charge >= 0.3 is 0 Å². The van der Waals surface area contributed by atoms with Crippen molar-refractivity contribution in [2.24, 2.45) is 5.92 Å². The molecule has 2 heterocycles. The number of pyridine rings is 1. The summed E-state index contributed by atoms with van der Waals surface area (Å²) in [5.41, 5.74) is 3.59. The maximum Gasteiger partial charge on any atom is 0.252 e. The third-order valence-electron chi connectivity index (χ3n) is 5.77. The van der Waals surface area contributed by atoms with Gasteiger partial charge in [-0.2, -0.15) is 0 Å². The number of nitrogens with zero attached hydrogens (tertiary/aromatic N) is 3. The predicted molar refractivity (Wildman–Crippen MR) is 133 cm³/mol. The zero-order valence-corrected chi connectivity index (χ0v) is 20.6. The van der Waals surface area contributed by atoms with E-state index in [0.717, 1.165) is 42.1 Å². The molecule has 0 saturated heterocycles. The zero-order chi connectivity index (χ0) is 24.0. The number of methoxy groups -OCH3 is 2. The van der Waals surface area contributed by atoms with Crippen molar-refractivity contribution in [1.29, 1.82) is 0 Å². The minimum atomic E-state index is -0.0572. The lowest BCUT2D eigenvalue weighted by Gasteiger charge is -2.24. The fourth-order valence-corrected chi connectivity index (χ4v) is 3.90. The molecular weight excluding hydrogens is 416 g/mol. The second kappa shape index (κ2) is 11.1. The summed E-state index contributed by atoms with van der Waals surface area (Å²) in [7, 11) is 3.28. The third-order valence-corrected chi connectivity index (χ3v) is 5.77. The molecule has 178 valence electrons. The molecule has 0 saturated carbocycles. The lowest BCUT2D eigenvalue weighted by atomic mass is 10.1. The molecule has 0 radical (unpaired) electrons. The van der Waals surface area contributed by atoms with E-state index in [4.69, 9.17) is 14.5 Å². The number of carbonyl (C=O) groups excluding carboxylic acids is 1. The Kier molecular flexibility index (Phi) is 8.20. The highest BCUT2D eigenvalue weighted by atomic mass is 16.5. The quantitative estimate of drug-likeness (QED) is 0.456. The number of amides is 1. The first kappa shape index (κ1) is 24.4. The van der Waals surface area contributed by atoms with E-state index in [1.54, 1.807) is 14.2 Å². The fraction of sp³-hybridized carbons (Fsp3) is 0.462. The molecule has 0 spiro atoms. The Morgan fingerprint density at radius 3 is 2.52 bits per heavy atom. The van der Waals surface area contributed by atoms with Gasteiger partial charge in [0.1, 0.15) is 11.5 Å². The molecule has 0 atom stereocenters. The summed E-state index contributed by atoms with van der Waals surface area (Å²) >= 11 is 0. The molecular formula is C26H36N4O3. The number of rotatable bonds is 11. The van der Waals surface area contributed by atoms with Gasteiger partial charge in [0.15, 0.2) is 11.5 Å². The van der Waals surface area contributed by atoms with Crippen LogP contribution in [-0.2, 0) is 13.0 Å². The summed E-state index contributed by atoms with van der Waals surface area (Å²) in [5, 5.41) is 3.03. The molecule has 1 aromatic carbocycles. The molecule has 0 bridgehead atoms. The monoisotopic (exact) mass is 452 g/mol. The third kappa shape index (κ3) is 5.59. The number of hydrogen-bond donors (Lipinski definition) is 1. The maximum absolute atomic E-state index is 12.7. The Morgan fingerprint density at radius 2 is 1.88 bits per heavy atom.